The Morgan fingerprint density at radius 3 is 2.31 bits per heavy atom. The van der Waals surface area contributed by atoms with Crippen molar-refractivity contribution in [1.29, 1.82) is 0 Å². The molecule has 1 aliphatic rings. The fraction of sp³-hybridized carbons (Fsp3) is 0.652. The zero-order valence-electron chi connectivity index (χ0n) is 18.4. The summed E-state index contributed by atoms with van der Waals surface area (Å²) in [6.45, 7) is 10.1. The Morgan fingerprint density at radius 2 is 1.79 bits per heavy atom. The maximum Gasteiger partial charge on any atom is 0.220 e. The summed E-state index contributed by atoms with van der Waals surface area (Å²) >= 11 is 6.10. The third-order valence-electron chi connectivity index (χ3n) is 6.34. The van der Waals surface area contributed by atoms with E-state index in [4.69, 9.17) is 16.6 Å². The number of amides is 1. The molecule has 0 atom stereocenters. The van der Waals surface area contributed by atoms with E-state index in [2.05, 4.69) is 48.4 Å². The van der Waals surface area contributed by atoms with Gasteiger partial charge in [0.25, 0.3) is 0 Å². The number of piperidine rings is 1. The smallest absolute Gasteiger partial charge is 0.220 e. The van der Waals surface area contributed by atoms with Crippen molar-refractivity contribution in [1.82, 2.24) is 15.5 Å². The topological polar surface area (TPSA) is 56.7 Å². The van der Waals surface area contributed by atoms with Crippen LogP contribution in [0.1, 0.15) is 58.4 Å². The molecule has 2 N–H and O–H groups in total. The molecule has 0 saturated carbocycles. The molecule has 162 valence electrons. The molecule has 1 fully saturated rings. The van der Waals surface area contributed by atoms with E-state index in [0.717, 1.165) is 62.8 Å². The number of nitrogens with zero attached hydrogens (tertiary/aromatic N) is 2. The minimum absolute atomic E-state index is 0.0167. The fourth-order valence-electron chi connectivity index (χ4n) is 4.14. The largest absolute Gasteiger partial charge is 0.359 e. The first-order valence-corrected chi connectivity index (χ1v) is 11.4. The normalized spacial score (nSPS) is 16.0. The Morgan fingerprint density at radius 1 is 1.17 bits per heavy atom. The van der Waals surface area contributed by atoms with Crippen LogP contribution in [-0.4, -0.2) is 50.0 Å². The highest BCUT2D eigenvalue weighted by Crippen LogP contribution is 2.33. The molecule has 0 spiro atoms. The van der Waals surface area contributed by atoms with Crippen molar-refractivity contribution in [3.63, 3.8) is 0 Å². The Labute approximate surface area is 181 Å². The van der Waals surface area contributed by atoms with Gasteiger partial charge in [0.1, 0.15) is 0 Å². The molecule has 1 aromatic rings. The van der Waals surface area contributed by atoms with Crippen molar-refractivity contribution in [3.8, 4) is 0 Å². The second-order valence-electron chi connectivity index (χ2n) is 7.97. The first-order chi connectivity index (χ1) is 14.0. The SMILES string of the molecule is CCNC(=NCC(CC)(CC)c1ccc(Cl)cc1)N1CCC(CC(=O)NC)CC1. The number of rotatable bonds is 8. The lowest BCUT2D eigenvalue weighted by molar-refractivity contribution is -0.121. The quantitative estimate of drug-likeness (QED) is 0.489. The Bertz CT molecular complexity index is 662. The van der Waals surface area contributed by atoms with Crippen molar-refractivity contribution >= 4 is 23.5 Å². The number of guanidine groups is 1. The second kappa shape index (κ2) is 11.4. The van der Waals surface area contributed by atoms with Crippen LogP contribution in [0.5, 0.6) is 0 Å². The monoisotopic (exact) mass is 420 g/mol. The first-order valence-electron chi connectivity index (χ1n) is 11.0. The third-order valence-corrected chi connectivity index (χ3v) is 6.60. The van der Waals surface area contributed by atoms with Gasteiger partial charge in [-0.3, -0.25) is 9.79 Å². The summed E-state index contributed by atoms with van der Waals surface area (Å²) < 4.78 is 0. The molecule has 0 bridgehead atoms. The number of halogens is 1. The molecular formula is C23H37ClN4O. The van der Waals surface area contributed by atoms with E-state index in [0.29, 0.717) is 12.3 Å². The Kier molecular flexibility index (Phi) is 9.28. The van der Waals surface area contributed by atoms with Gasteiger partial charge in [-0.05, 0) is 56.2 Å². The van der Waals surface area contributed by atoms with Crippen LogP contribution in [-0.2, 0) is 10.2 Å². The van der Waals surface area contributed by atoms with Crippen LogP contribution in [0, 0.1) is 5.92 Å². The standard InChI is InChI=1S/C23H37ClN4O/c1-5-23(6-2,19-8-10-20(24)11-9-19)17-27-22(26-7-3)28-14-12-18(13-15-28)16-21(29)25-4/h8-11,18H,5-7,12-17H2,1-4H3,(H,25,29)(H,26,27). The summed E-state index contributed by atoms with van der Waals surface area (Å²) in [5, 5.41) is 6.98. The highest BCUT2D eigenvalue weighted by atomic mass is 35.5. The number of hydrogen-bond donors (Lipinski definition) is 2. The highest BCUT2D eigenvalue weighted by Gasteiger charge is 2.29. The number of carbonyl (C=O) groups is 1. The summed E-state index contributed by atoms with van der Waals surface area (Å²) in [6, 6.07) is 8.23. The van der Waals surface area contributed by atoms with Gasteiger partial charge in [-0.1, -0.05) is 37.6 Å². The number of benzene rings is 1. The molecule has 1 saturated heterocycles. The minimum Gasteiger partial charge on any atom is -0.359 e. The second-order valence-corrected chi connectivity index (χ2v) is 8.41. The molecule has 1 aliphatic heterocycles. The number of nitrogens with one attached hydrogen (secondary N) is 2. The number of carbonyl (C=O) groups excluding carboxylic acids is 1. The molecular weight excluding hydrogens is 384 g/mol. The molecule has 0 aromatic heterocycles. The lowest BCUT2D eigenvalue weighted by Gasteiger charge is -2.36. The van der Waals surface area contributed by atoms with E-state index >= 15 is 0 Å². The van der Waals surface area contributed by atoms with Crippen LogP contribution in [0.25, 0.3) is 0 Å². The third kappa shape index (κ3) is 6.36. The van der Waals surface area contributed by atoms with E-state index in [-0.39, 0.29) is 11.3 Å². The molecule has 0 aliphatic carbocycles. The fourth-order valence-corrected chi connectivity index (χ4v) is 4.27. The van der Waals surface area contributed by atoms with Crippen molar-refractivity contribution in [2.24, 2.45) is 10.9 Å². The molecule has 1 aromatic carbocycles. The summed E-state index contributed by atoms with van der Waals surface area (Å²) in [5.74, 6) is 1.60. The van der Waals surface area contributed by atoms with Gasteiger partial charge >= 0.3 is 0 Å². The zero-order valence-corrected chi connectivity index (χ0v) is 19.2. The van der Waals surface area contributed by atoms with Gasteiger partial charge in [-0.2, -0.15) is 0 Å². The van der Waals surface area contributed by atoms with E-state index in [1.807, 2.05) is 12.1 Å². The van der Waals surface area contributed by atoms with Crippen LogP contribution < -0.4 is 10.6 Å². The number of aliphatic imine (C=N–C) groups is 1. The average molecular weight is 421 g/mol. The zero-order chi connectivity index (χ0) is 21.3. The van der Waals surface area contributed by atoms with Crippen molar-refractivity contribution in [3.05, 3.63) is 34.9 Å². The highest BCUT2D eigenvalue weighted by molar-refractivity contribution is 6.30. The van der Waals surface area contributed by atoms with Gasteiger partial charge in [0.05, 0.1) is 6.54 Å². The predicted octanol–water partition coefficient (Wildman–Crippen LogP) is 4.21. The van der Waals surface area contributed by atoms with Crippen LogP contribution in [0.3, 0.4) is 0 Å². The van der Waals surface area contributed by atoms with Gasteiger partial charge in [0.15, 0.2) is 5.96 Å². The van der Waals surface area contributed by atoms with E-state index < -0.39 is 0 Å². The van der Waals surface area contributed by atoms with Crippen LogP contribution in [0.15, 0.2) is 29.3 Å². The molecule has 6 heteroatoms. The Hall–Kier alpha value is -1.75. The lowest BCUT2D eigenvalue weighted by Crippen LogP contribution is -2.46. The summed E-state index contributed by atoms with van der Waals surface area (Å²) in [7, 11) is 1.71. The predicted molar refractivity (Wildman–Crippen MR) is 123 cm³/mol. The maximum atomic E-state index is 11.7. The number of likely N-dealkylation sites (tertiary alicyclic amines) is 1. The molecule has 0 radical (unpaired) electrons. The lowest BCUT2D eigenvalue weighted by atomic mass is 9.76. The summed E-state index contributed by atoms with van der Waals surface area (Å²) in [4.78, 5) is 19.1. The van der Waals surface area contributed by atoms with Gasteiger partial charge in [0, 0.05) is 43.5 Å². The van der Waals surface area contributed by atoms with Crippen LogP contribution >= 0.6 is 11.6 Å². The molecule has 5 nitrogen and oxygen atoms in total. The summed E-state index contributed by atoms with van der Waals surface area (Å²) in [6.07, 6.45) is 4.75. The van der Waals surface area contributed by atoms with Crippen LogP contribution in [0.2, 0.25) is 5.02 Å². The molecule has 1 amide bonds. The van der Waals surface area contributed by atoms with Crippen LogP contribution in [0.4, 0.5) is 0 Å². The average Bonchev–Trinajstić information content (AvgIpc) is 2.75. The van der Waals surface area contributed by atoms with Gasteiger partial charge in [0.2, 0.25) is 5.91 Å². The van der Waals surface area contributed by atoms with E-state index in [1.54, 1.807) is 7.05 Å². The molecule has 0 unspecified atom stereocenters. The first kappa shape index (κ1) is 23.5. The van der Waals surface area contributed by atoms with Gasteiger partial charge in [-0.25, -0.2) is 0 Å². The van der Waals surface area contributed by atoms with Crippen molar-refractivity contribution in [2.45, 2.75) is 58.3 Å². The van der Waals surface area contributed by atoms with E-state index in [9.17, 15) is 4.79 Å². The van der Waals surface area contributed by atoms with Crippen molar-refractivity contribution in [2.75, 3.05) is 33.2 Å². The summed E-state index contributed by atoms with van der Waals surface area (Å²) in [5.41, 5.74) is 1.32. The number of hydrogen-bond acceptors (Lipinski definition) is 2. The molecule has 1 heterocycles. The maximum absolute atomic E-state index is 11.7. The minimum atomic E-state index is 0.0167. The van der Waals surface area contributed by atoms with Gasteiger partial charge in [-0.15, -0.1) is 0 Å². The molecule has 29 heavy (non-hydrogen) atoms. The molecule has 2 rings (SSSR count). The Balaban J connectivity index is 2.10. The van der Waals surface area contributed by atoms with Gasteiger partial charge < -0.3 is 15.5 Å². The van der Waals surface area contributed by atoms with E-state index in [1.165, 1.54) is 5.56 Å². The van der Waals surface area contributed by atoms with Crippen molar-refractivity contribution < 1.29 is 4.79 Å².